The van der Waals surface area contributed by atoms with Crippen molar-refractivity contribution in [3.8, 4) is 57.1 Å². The van der Waals surface area contributed by atoms with E-state index in [1.54, 1.807) is 0 Å². The molecule has 0 N–H and O–H groups in total. The molecule has 0 radical (unpaired) electrons. The third-order valence-corrected chi connectivity index (χ3v) is 23.9. The van der Waals surface area contributed by atoms with E-state index in [0.29, 0.717) is 50.7 Å². The molecule has 5 saturated heterocycles. The Balaban J connectivity index is 0.000000124. The van der Waals surface area contributed by atoms with Gasteiger partial charge in [-0.15, -0.1) is 0 Å². The average Bonchev–Trinajstić information content (AvgIpc) is 0.832. The Kier molecular flexibility index (Phi) is 32.8. The minimum atomic E-state index is 0.607. The Hall–Kier alpha value is -14.2. The summed E-state index contributed by atoms with van der Waals surface area (Å²) in [5.74, 6) is 9.19. The van der Waals surface area contributed by atoms with Gasteiger partial charge in [-0.1, -0.05) is 90.0 Å². The Labute approximate surface area is 804 Å². The summed E-state index contributed by atoms with van der Waals surface area (Å²) in [7, 11) is 4.33. The fourth-order valence-corrected chi connectivity index (χ4v) is 16.7. The van der Waals surface area contributed by atoms with Crippen molar-refractivity contribution in [1.29, 1.82) is 0 Å². The van der Waals surface area contributed by atoms with Crippen molar-refractivity contribution in [2.45, 2.75) is 101 Å². The highest BCUT2D eigenvalue weighted by molar-refractivity contribution is 5.64. The van der Waals surface area contributed by atoms with Gasteiger partial charge in [-0.25, -0.2) is 49.8 Å². The molecule has 0 unspecified atom stereocenters. The number of benzene rings is 2. The van der Waals surface area contributed by atoms with Crippen LogP contribution in [0.15, 0.2) is 219 Å². The van der Waals surface area contributed by atoms with Crippen molar-refractivity contribution < 1.29 is 14.2 Å². The number of anilines is 5. The van der Waals surface area contributed by atoms with Crippen LogP contribution in [0.4, 0.5) is 29.2 Å². The van der Waals surface area contributed by atoms with Crippen LogP contribution in [-0.4, -0.2) is 250 Å². The van der Waals surface area contributed by atoms with E-state index in [-0.39, 0.29) is 0 Å². The van der Waals surface area contributed by atoms with E-state index in [1.165, 1.54) is 27.8 Å². The number of aryl methyl sites for hydroxylation is 10. The predicted molar refractivity (Wildman–Crippen MR) is 540 cm³/mol. The summed E-state index contributed by atoms with van der Waals surface area (Å²) in [6, 6.07) is 67.6. The van der Waals surface area contributed by atoms with Crippen LogP contribution in [0.2, 0.25) is 0 Å². The second kappa shape index (κ2) is 46.8. The van der Waals surface area contributed by atoms with E-state index in [0.717, 1.165) is 285 Å². The maximum absolute atomic E-state index is 5.49. The van der Waals surface area contributed by atoms with Gasteiger partial charge in [0.1, 0.15) is 58.1 Å². The second-order valence-electron chi connectivity index (χ2n) is 35.5. The first-order valence-corrected chi connectivity index (χ1v) is 47.3. The van der Waals surface area contributed by atoms with Crippen molar-refractivity contribution >= 4 is 29.2 Å². The highest BCUT2D eigenvalue weighted by Gasteiger charge is 2.25. The lowest BCUT2D eigenvalue weighted by atomic mass is 10.1. The number of hydrogen-bond acceptors (Lipinski definition) is 29. The van der Waals surface area contributed by atoms with E-state index in [4.69, 9.17) is 69.0 Å². The Morgan fingerprint density at radius 1 is 0.219 bits per heavy atom. The number of piperazine rings is 2. The first-order chi connectivity index (χ1) is 66.6. The zero-order valence-corrected chi connectivity index (χ0v) is 80.8. The Morgan fingerprint density at radius 2 is 0.489 bits per heavy atom. The van der Waals surface area contributed by atoms with Gasteiger partial charge in [0.05, 0.1) is 85.2 Å². The van der Waals surface area contributed by atoms with Crippen LogP contribution < -0.4 is 24.5 Å². The van der Waals surface area contributed by atoms with Crippen LogP contribution in [-0.2, 0) is 46.3 Å². The molecule has 0 spiro atoms. The zero-order chi connectivity index (χ0) is 94.9. The molecule has 20 rings (SSSR count). The third kappa shape index (κ3) is 28.0. The fourth-order valence-electron chi connectivity index (χ4n) is 16.7. The molecule has 137 heavy (non-hydrogen) atoms. The first-order valence-electron chi connectivity index (χ1n) is 47.3. The Morgan fingerprint density at radius 3 is 0.788 bits per heavy atom. The maximum Gasteiger partial charge on any atom is 0.229 e. The molecule has 13 aromatic heterocycles. The summed E-state index contributed by atoms with van der Waals surface area (Å²) in [6.07, 6.45) is 8.90. The van der Waals surface area contributed by atoms with E-state index in [9.17, 15) is 0 Å². The van der Waals surface area contributed by atoms with Crippen molar-refractivity contribution in [3.05, 3.63) is 332 Å². The van der Waals surface area contributed by atoms with Crippen LogP contribution in [0.5, 0.6) is 0 Å². The van der Waals surface area contributed by atoms with Crippen molar-refractivity contribution in [2.24, 2.45) is 0 Å². The lowest BCUT2D eigenvalue weighted by molar-refractivity contribution is 0.122. The summed E-state index contributed by atoms with van der Waals surface area (Å²) < 4.78 is 16.4. The molecule has 29 nitrogen and oxygen atoms in total. The van der Waals surface area contributed by atoms with E-state index >= 15 is 0 Å². The quantitative estimate of drug-likeness (QED) is 0.0684. The number of likely N-dealkylation sites (N-methyl/N-ethyl adjacent to an activating group) is 2. The number of ether oxygens (including phenoxy) is 3. The van der Waals surface area contributed by atoms with E-state index in [1.807, 2.05) is 195 Å². The van der Waals surface area contributed by atoms with Crippen LogP contribution in [0.3, 0.4) is 0 Å². The molecule has 5 aliphatic heterocycles. The van der Waals surface area contributed by atoms with Gasteiger partial charge in [-0.05, 0) is 208 Å². The lowest BCUT2D eigenvalue weighted by Crippen LogP contribution is -2.44. The third-order valence-electron chi connectivity index (χ3n) is 23.9. The number of aromatic nitrogens is 19. The number of rotatable bonds is 20. The number of hydrogen-bond donors (Lipinski definition) is 0. The summed E-state index contributed by atoms with van der Waals surface area (Å²) >= 11 is 0. The van der Waals surface area contributed by atoms with Gasteiger partial charge in [-0.3, -0.25) is 34.9 Å². The Bertz CT molecular complexity index is 6020. The van der Waals surface area contributed by atoms with Gasteiger partial charge in [0.2, 0.25) is 5.95 Å². The van der Waals surface area contributed by atoms with Crippen LogP contribution in [0, 0.1) is 69.2 Å². The molecular formula is C108H122N26O3. The first kappa shape index (κ1) is 95.9. The molecule has 15 aromatic rings. The molecule has 29 heteroatoms. The molecule has 0 amide bonds. The van der Waals surface area contributed by atoms with E-state index < -0.39 is 0 Å². The lowest BCUT2D eigenvalue weighted by Gasteiger charge is -2.33. The minimum Gasteiger partial charge on any atom is -0.378 e. The summed E-state index contributed by atoms with van der Waals surface area (Å²) in [6.45, 7) is 37.5. The van der Waals surface area contributed by atoms with Gasteiger partial charge in [0.25, 0.3) is 0 Å². The smallest absolute Gasteiger partial charge is 0.229 e. The number of morpholine rings is 3. The summed E-state index contributed by atoms with van der Waals surface area (Å²) in [5, 5.41) is 0. The molecule has 0 saturated carbocycles. The molecule has 0 atom stereocenters. The van der Waals surface area contributed by atoms with Gasteiger partial charge >= 0.3 is 0 Å². The molecule has 5 fully saturated rings. The van der Waals surface area contributed by atoms with Gasteiger partial charge in [-0.2, -0.15) is 9.97 Å². The maximum atomic E-state index is 5.49. The molecule has 5 aliphatic rings. The summed E-state index contributed by atoms with van der Waals surface area (Å²) in [4.78, 5) is 105. The topological polar surface area (TPSA) is 295 Å². The molecule has 18 heterocycles. The minimum absolute atomic E-state index is 0.607. The average molecular weight is 1830 g/mol. The van der Waals surface area contributed by atoms with Gasteiger partial charge in [0.15, 0.2) is 5.82 Å². The van der Waals surface area contributed by atoms with Crippen molar-refractivity contribution in [2.75, 3.05) is 170 Å². The van der Waals surface area contributed by atoms with Crippen LogP contribution in [0.25, 0.3) is 57.1 Å². The standard InChI is InChI=1S/C23H27N5.C22H26N6.C22H24N4O.C21H23N5O.C20H22N6O/c1-17-6-4-8-19(14-17)15-22-25-21(20-9-5-7-18(2)24-20)16-23(26-22)28-12-10-27(3)11-13-28;1-16-5-4-6-19(24-16)20-15-22(28-11-9-27(3)10-12-28)26-21(25-20)14-18-7-8-23-17(2)13-18;1-16-5-3-7-18(13-16)14-21-24-20(19-8-4-6-17(2)23-19)15-22(25-21)26-9-11-27-12-10-26;1-15-4-3-5-18(23-15)19-14-21(26-8-10-27-11-9-26)25-20(24-19)13-17-6-7-22-16(2)12-17;1-14-4-3-5-17(22-14)19-23-18(13-16-6-7-21-15(2)12-16)24-20(25-19)26-8-10-27-11-9-26/h4-9,14,16H,10-13,15H2,1-3H3;4-8,13,15H,9-12,14H2,1-3H3;3-8,13,15H,9-12,14H2,1-2H3;3-7,12,14H,8-11,13H2,1-2H3;3-7,12H,8-11,13H2,1-2H3. The highest BCUT2D eigenvalue weighted by atomic mass is 16.5. The van der Waals surface area contributed by atoms with Crippen molar-refractivity contribution in [3.63, 3.8) is 0 Å². The second-order valence-corrected chi connectivity index (χ2v) is 35.5. The van der Waals surface area contributed by atoms with Crippen LogP contribution >= 0.6 is 0 Å². The zero-order valence-electron chi connectivity index (χ0n) is 80.8. The van der Waals surface area contributed by atoms with Gasteiger partial charge in [0, 0.05) is 212 Å². The monoisotopic (exact) mass is 1830 g/mol. The van der Waals surface area contributed by atoms with E-state index in [2.05, 4.69) is 181 Å². The molecular weight excluding hydrogens is 1710 g/mol. The molecule has 0 bridgehead atoms. The SMILES string of the molecule is Cc1cc(Cc2nc(-c3cccc(C)n3)cc(N3CCN(C)CC3)n2)ccn1.Cc1cc(Cc2nc(-c3cccc(C)n3)cc(N3CCOCC3)n2)ccn1.Cc1cc(Cc2nc(-c3cccc(C)n3)nc(N3CCOCC3)n2)ccn1.Cc1cccc(Cc2nc(-c3cccc(C)n3)cc(N3CCN(C)CC3)n2)c1.Cc1cccc(Cc2nc(-c3cccc(C)n3)cc(N3CCOCC3)n2)c1. The summed E-state index contributed by atoms with van der Waals surface area (Å²) in [5.41, 5.74) is 24.1. The van der Waals surface area contributed by atoms with Gasteiger partial charge < -0.3 is 48.5 Å². The molecule has 702 valence electrons. The number of pyridine rings is 8. The van der Waals surface area contributed by atoms with Crippen LogP contribution in [0.1, 0.15) is 114 Å². The predicted octanol–water partition coefficient (Wildman–Crippen LogP) is 15.3. The fraction of sp³-hybridized carbons (Fsp3) is 0.343. The molecule has 0 aliphatic carbocycles. The normalized spacial score (nSPS) is 14.6. The largest absolute Gasteiger partial charge is 0.378 e. The number of nitrogens with zero attached hydrogens (tertiary/aromatic N) is 26. The highest BCUT2D eigenvalue weighted by Crippen LogP contribution is 2.30. The molecule has 2 aromatic carbocycles. The van der Waals surface area contributed by atoms with Crippen molar-refractivity contribution in [1.82, 2.24) is 104 Å².